The number of ether oxygens (including phenoxy) is 1. The summed E-state index contributed by atoms with van der Waals surface area (Å²) in [6.07, 6.45) is 1.06. The topological polar surface area (TPSA) is 59.6 Å². The molecular formula is C17H19N3O. The van der Waals surface area contributed by atoms with Gasteiger partial charge in [0.05, 0.1) is 13.2 Å². The van der Waals surface area contributed by atoms with Crippen LogP contribution < -0.4 is 15.8 Å². The van der Waals surface area contributed by atoms with Crippen molar-refractivity contribution in [3.63, 3.8) is 0 Å². The first-order valence-corrected chi connectivity index (χ1v) is 7.05. The summed E-state index contributed by atoms with van der Waals surface area (Å²) >= 11 is 0. The highest BCUT2D eigenvalue weighted by Crippen LogP contribution is 2.43. The largest absolute Gasteiger partial charge is 0.497 e. The molecule has 3 N–H and O–H groups in total. The Bertz CT molecular complexity index is 639. The van der Waals surface area contributed by atoms with Gasteiger partial charge in [0.2, 0.25) is 0 Å². The molecule has 1 fully saturated rings. The third kappa shape index (κ3) is 3.34. The maximum absolute atomic E-state index is 5.98. The summed E-state index contributed by atoms with van der Waals surface area (Å²) in [6, 6.07) is 18.4. The van der Waals surface area contributed by atoms with Crippen LogP contribution in [0.15, 0.2) is 59.6 Å². The zero-order valence-electron chi connectivity index (χ0n) is 12.0. The molecule has 0 radical (unpaired) electrons. The fourth-order valence-electron chi connectivity index (χ4n) is 2.44. The van der Waals surface area contributed by atoms with E-state index in [0.29, 0.717) is 11.9 Å². The van der Waals surface area contributed by atoms with Crippen molar-refractivity contribution in [3.05, 3.63) is 60.2 Å². The molecule has 4 nitrogen and oxygen atoms in total. The molecule has 0 aromatic heterocycles. The maximum Gasteiger partial charge on any atom is 0.193 e. The molecule has 108 valence electrons. The Labute approximate surface area is 124 Å². The van der Waals surface area contributed by atoms with E-state index in [9.17, 15) is 0 Å². The van der Waals surface area contributed by atoms with E-state index in [1.165, 1.54) is 5.56 Å². The lowest BCUT2D eigenvalue weighted by atomic mass is 10.1. The third-order valence-electron chi connectivity index (χ3n) is 3.63. The van der Waals surface area contributed by atoms with Crippen LogP contribution in [0.1, 0.15) is 17.9 Å². The Kier molecular flexibility index (Phi) is 3.77. The van der Waals surface area contributed by atoms with Gasteiger partial charge in [-0.25, -0.2) is 4.99 Å². The summed E-state index contributed by atoms with van der Waals surface area (Å²) in [7, 11) is 1.64. The van der Waals surface area contributed by atoms with Gasteiger partial charge >= 0.3 is 0 Å². The molecular weight excluding hydrogens is 262 g/mol. The Hall–Kier alpha value is -2.49. The number of guanidine groups is 1. The maximum atomic E-state index is 5.98. The molecule has 2 aromatic rings. The fraction of sp³-hybridized carbons (Fsp3) is 0.235. The second-order valence-corrected chi connectivity index (χ2v) is 5.19. The highest BCUT2D eigenvalue weighted by molar-refractivity contribution is 5.92. The summed E-state index contributed by atoms with van der Waals surface area (Å²) in [5, 5.41) is 3.11. The van der Waals surface area contributed by atoms with Crippen molar-refractivity contribution in [1.29, 1.82) is 0 Å². The lowest BCUT2D eigenvalue weighted by Crippen LogP contribution is -2.23. The van der Waals surface area contributed by atoms with Crippen molar-refractivity contribution in [1.82, 2.24) is 0 Å². The molecule has 1 aliphatic rings. The van der Waals surface area contributed by atoms with Crippen LogP contribution in [0, 0.1) is 0 Å². The molecule has 1 aliphatic carbocycles. The molecule has 2 unspecified atom stereocenters. The Morgan fingerprint density at radius 1 is 1.19 bits per heavy atom. The Balaban J connectivity index is 1.62. The van der Waals surface area contributed by atoms with Crippen LogP contribution in [-0.2, 0) is 0 Å². The number of anilines is 1. The van der Waals surface area contributed by atoms with E-state index in [2.05, 4.69) is 34.6 Å². The van der Waals surface area contributed by atoms with Gasteiger partial charge in [0.25, 0.3) is 0 Å². The van der Waals surface area contributed by atoms with E-state index in [1.807, 2.05) is 30.3 Å². The monoisotopic (exact) mass is 281 g/mol. The number of rotatable bonds is 4. The smallest absolute Gasteiger partial charge is 0.193 e. The minimum absolute atomic E-state index is 0.283. The van der Waals surface area contributed by atoms with Gasteiger partial charge in [0.1, 0.15) is 5.75 Å². The van der Waals surface area contributed by atoms with E-state index < -0.39 is 0 Å². The lowest BCUT2D eigenvalue weighted by Gasteiger charge is -2.07. The Morgan fingerprint density at radius 3 is 2.76 bits per heavy atom. The predicted octanol–water partition coefficient (Wildman–Crippen LogP) is 2.98. The van der Waals surface area contributed by atoms with Gasteiger partial charge in [0, 0.05) is 17.7 Å². The van der Waals surface area contributed by atoms with Crippen LogP contribution in [0.2, 0.25) is 0 Å². The molecule has 0 amide bonds. The van der Waals surface area contributed by atoms with Gasteiger partial charge in [-0.1, -0.05) is 36.4 Å². The first-order valence-electron chi connectivity index (χ1n) is 7.05. The minimum Gasteiger partial charge on any atom is -0.497 e. The molecule has 0 spiro atoms. The van der Waals surface area contributed by atoms with Crippen molar-refractivity contribution in [3.8, 4) is 5.75 Å². The van der Waals surface area contributed by atoms with Crippen LogP contribution in [0.25, 0.3) is 0 Å². The molecule has 3 rings (SSSR count). The number of hydrogen-bond donors (Lipinski definition) is 2. The first kappa shape index (κ1) is 13.5. The average molecular weight is 281 g/mol. The van der Waals surface area contributed by atoms with E-state index >= 15 is 0 Å². The third-order valence-corrected chi connectivity index (χ3v) is 3.63. The first-order chi connectivity index (χ1) is 10.3. The summed E-state index contributed by atoms with van der Waals surface area (Å²) in [4.78, 5) is 4.54. The van der Waals surface area contributed by atoms with Crippen LogP contribution in [-0.4, -0.2) is 19.1 Å². The summed E-state index contributed by atoms with van der Waals surface area (Å²) < 4.78 is 5.18. The van der Waals surface area contributed by atoms with Crippen LogP contribution in [0.4, 0.5) is 5.69 Å². The lowest BCUT2D eigenvalue weighted by molar-refractivity contribution is 0.415. The minimum atomic E-state index is 0.283. The number of nitrogens with zero attached hydrogens (tertiary/aromatic N) is 1. The second-order valence-electron chi connectivity index (χ2n) is 5.19. The van der Waals surface area contributed by atoms with Gasteiger partial charge in [-0.3, -0.25) is 0 Å². The van der Waals surface area contributed by atoms with Crippen molar-refractivity contribution in [2.75, 3.05) is 12.4 Å². The number of aliphatic imine (C=N–C) groups is 1. The van der Waals surface area contributed by atoms with Crippen LogP contribution in [0.5, 0.6) is 5.75 Å². The van der Waals surface area contributed by atoms with Crippen molar-refractivity contribution in [2.45, 2.75) is 18.4 Å². The van der Waals surface area contributed by atoms with Crippen molar-refractivity contribution in [2.24, 2.45) is 10.7 Å². The Morgan fingerprint density at radius 2 is 2.00 bits per heavy atom. The van der Waals surface area contributed by atoms with Gasteiger partial charge in [-0.2, -0.15) is 0 Å². The zero-order valence-corrected chi connectivity index (χ0v) is 12.0. The number of nitrogens with two attached hydrogens (primary N) is 1. The number of methoxy groups -OCH3 is 1. The van der Waals surface area contributed by atoms with E-state index in [0.717, 1.165) is 17.9 Å². The number of benzene rings is 2. The summed E-state index contributed by atoms with van der Waals surface area (Å²) in [5.74, 6) is 1.74. The average Bonchev–Trinajstić information content (AvgIpc) is 3.27. The SMILES string of the molecule is COc1cccc(NC(N)=NC2CC2c2ccccc2)c1. The molecule has 4 heteroatoms. The van der Waals surface area contributed by atoms with Gasteiger partial charge in [-0.15, -0.1) is 0 Å². The highest BCUT2D eigenvalue weighted by atomic mass is 16.5. The van der Waals surface area contributed by atoms with E-state index in [1.54, 1.807) is 7.11 Å². The molecule has 2 aromatic carbocycles. The van der Waals surface area contributed by atoms with E-state index in [4.69, 9.17) is 10.5 Å². The molecule has 0 heterocycles. The number of nitrogens with one attached hydrogen (secondary N) is 1. The molecule has 2 atom stereocenters. The molecule has 1 saturated carbocycles. The predicted molar refractivity (Wildman–Crippen MR) is 85.8 cm³/mol. The summed E-state index contributed by atoms with van der Waals surface area (Å²) in [5.41, 5.74) is 8.19. The van der Waals surface area contributed by atoms with Crippen molar-refractivity contribution < 1.29 is 4.74 Å². The summed E-state index contributed by atoms with van der Waals surface area (Å²) in [6.45, 7) is 0. The molecule has 0 saturated heterocycles. The van der Waals surface area contributed by atoms with Gasteiger partial charge in [-0.05, 0) is 24.1 Å². The van der Waals surface area contributed by atoms with E-state index in [-0.39, 0.29) is 6.04 Å². The molecule has 0 bridgehead atoms. The molecule has 0 aliphatic heterocycles. The second kappa shape index (κ2) is 5.87. The zero-order chi connectivity index (χ0) is 14.7. The standard InChI is InChI=1S/C17H19N3O/c1-21-14-9-5-8-13(10-14)19-17(18)20-16-11-15(16)12-6-3-2-4-7-12/h2-10,15-16H,11H2,1H3,(H3,18,19,20). The van der Waals surface area contributed by atoms with Crippen LogP contribution >= 0.6 is 0 Å². The normalized spacial score (nSPS) is 20.9. The van der Waals surface area contributed by atoms with Gasteiger partial charge < -0.3 is 15.8 Å². The quantitative estimate of drug-likeness (QED) is 0.669. The number of hydrogen-bond acceptors (Lipinski definition) is 2. The van der Waals surface area contributed by atoms with Crippen LogP contribution in [0.3, 0.4) is 0 Å². The highest BCUT2D eigenvalue weighted by Gasteiger charge is 2.38. The van der Waals surface area contributed by atoms with Gasteiger partial charge in [0.15, 0.2) is 5.96 Å². The molecule has 21 heavy (non-hydrogen) atoms. The van der Waals surface area contributed by atoms with Crippen molar-refractivity contribution >= 4 is 11.6 Å². The fourth-order valence-corrected chi connectivity index (χ4v) is 2.44.